The lowest BCUT2D eigenvalue weighted by atomic mass is 9.80. The summed E-state index contributed by atoms with van der Waals surface area (Å²) < 4.78 is 12.0. The molecule has 2 rings (SSSR count). The molecule has 0 amide bonds. The first kappa shape index (κ1) is 12.3. The van der Waals surface area contributed by atoms with E-state index in [2.05, 4.69) is 38.8 Å². The fraction of sp³-hybridized carbons (Fsp3) is 1.00. The van der Waals surface area contributed by atoms with Crippen molar-refractivity contribution in [1.29, 1.82) is 0 Å². The molecule has 2 fully saturated rings. The number of unbranched alkanes of at least 4 members (excludes halogenated alkanes) is 1. The van der Waals surface area contributed by atoms with Crippen LogP contribution in [0, 0.1) is 0 Å². The average Bonchev–Trinajstić information content (AvgIpc) is 2.58. The first-order valence-electron chi connectivity index (χ1n) is 5.68. The monoisotopic (exact) mass is 340 g/mol. The summed E-state index contributed by atoms with van der Waals surface area (Å²) in [5, 5.41) is 0.966. The van der Waals surface area contributed by atoms with Crippen molar-refractivity contribution < 1.29 is 9.47 Å². The summed E-state index contributed by atoms with van der Waals surface area (Å²) in [6, 6.07) is 0. The van der Waals surface area contributed by atoms with Gasteiger partial charge in [-0.25, -0.2) is 0 Å². The fourth-order valence-electron chi connectivity index (χ4n) is 2.38. The van der Waals surface area contributed by atoms with Crippen LogP contribution in [0.25, 0.3) is 0 Å². The molecule has 1 spiro atoms. The number of halogens is 2. The van der Waals surface area contributed by atoms with Gasteiger partial charge in [0.2, 0.25) is 0 Å². The summed E-state index contributed by atoms with van der Waals surface area (Å²) in [6.45, 7) is 2.99. The van der Waals surface area contributed by atoms with E-state index >= 15 is 0 Å². The van der Waals surface area contributed by atoms with E-state index in [1.54, 1.807) is 0 Å². The van der Waals surface area contributed by atoms with E-state index in [4.69, 9.17) is 9.47 Å². The van der Waals surface area contributed by atoms with E-state index in [0.29, 0.717) is 6.10 Å². The Bertz CT molecular complexity index is 227. The zero-order valence-corrected chi connectivity index (χ0v) is 12.3. The molecule has 1 unspecified atom stereocenters. The largest absolute Gasteiger partial charge is 0.347 e. The van der Waals surface area contributed by atoms with Gasteiger partial charge in [-0.3, -0.25) is 0 Å². The topological polar surface area (TPSA) is 18.5 Å². The lowest BCUT2D eigenvalue weighted by molar-refractivity contribution is -0.225. The van der Waals surface area contributed by atoms with Crippen LogP contribution in [-0.4, -0.2) is 28.2 Å². The number of hydrogen-bond donors (Lipinski definition) is 0. The van der Waals surface area contributed by atoms with Crippen LogP contribution in [0.15, 0.2) is 0 Å². The second kappa shape index (κ2) is 4.63. The van der Waals surface area contributed by atoms with Gasteiger partial charge in [0.1, 0.15) is 0 Å². The van der Waals surface area contributed by atoms with Gasteiger partial charge < -0.3 is 9.47 Å². The van der Waals surface area contributed by atoms with Crippen molar-refractivity contribution in [2.75, 3.05) is 11.9 Å². The van der Waals surface area contributed by atoms with Crippen LogP contribution in [0.2, 0.25) is 0 Å². The van der Waals surface area contributed by atoms with E-state index in [1.807, 2.05) is 0 Å². The number of rotatable bonds is 4. The van der Waals surface area contributed by atoms with Crippen molar-refractivity contribution in [2.24, 2.45) is 0 Å². The van der Waals surface area contributed by atoms with Gasteiger partial charge in [-0.1, -0.05) is 51.6 Å². The van der Waals surface area contributed by atoms with Crippen LogP contribution >= 0.6 is 31.9 Å². The first-order chi connectivity index (χ1) is 7.11. The molecule has 15 heavy (non-hydrogen) atoms. The zero-order chi connectivity index (χ0) is 10.9. The Morgan fingerprint density at radius 1 is 1.40 bits per heavy atom. The Morgan fingerprint density at radius 2 is 2.13 bits per heavy atom. The Morgan fingerprint density at radius 3 is 2.73 bits per heavy atom. The molecule has 0 aromatic carbocycles. The molecule has 0 radical (unpaired) electrons. The number of hydrogen-bond acceptors (Lipinski definition) is 2. The second-order valence-electron chi connectivity index (χ2n) is 4.74. The molecule has 0 aromatic rings. The van der Waals surface area contributed by atoms with Gasteiger partial charge in [0.25, 0.3) is 0 Å². The predicted molar refractivity (Wildman–Crippen MR) is 67.8 cm³/mol. The van der Waals surface area contributed by atoms with Gasteiger partial charge >= 0.3 is 0 Å². The van der Waals surface area contributed by atoms with E-state index in [1.165, 1.54) is 12.8 Å². The van der Waals surface area contributed by atoms with Gasteiger partial charge in [0, 0.05) is 22.5 Å². The zero-order valence-electron chi connectivity index (χ0n) is 9.10. The molecule has 1 aliphatic heterocycles. The molecule has 1 saturated heterocycles. The summed E-state index contributed by atoms with van der Waals surface area (Å²) >= 11 is 7.23. The number of ether oxygens (including phenoxy) is 2. The van der Waals surface area contributed by atoms with Crippen LogP contribution in [0.5, 0.6) is 0 Å². The van der Waals surface area contributed by atoms with Crippen LogP contribution in [0.4, 0.5) is 0 Å². The summed E-state index contributed by atoms with van der Waals surface area (Å²) in [5.74, 6) is -0.254. The van der Waals surface area contributed by atoms with Crippen molar-refractivity contribution in [3.8, 4) is 0 Å². The average molecular weight is 342 g/mol. The second-order valence-corrected chi connectivity index (χ2v) is 6.98. The van der Waals surface area contributed by atoms with Crippen molar-refractivity contribution in [3.63, 3.8) is 0 Å². The van der Waals surface area contributed by atoms with E-state index < -0.39 is 0 Å². The highest BCUT2D eigenvalue weighted by Gasteiger charge is 2.58. The highest BCUT2D eigenvalue weighted by molar-refractivity contribution is 9.12. The minimum absolute atomic E-state index is 0.201. The quantitative estimate of drug-likeness (QED) is 0.727. The van der Waals surface area contributed by atoms with Gasteiger partial charge in [0.15, 0.2) is 5.79 Å². The number of alkyl halides is 2. The lowest BCUT2D eigenvalue weighted by Gasteiger charge is -2.48. The minimum Gasteiger partial charge on any atom is -0.347 e. The molecule has 2 aliphatic rings. The van der Waals surface area contributed by atoms with E-state index in [9.17, 15) is 0 Å². The molecular formula is C11H18Br2O2. The summed E-state index contributed by atoms with van der Waals surface area (Å²) in [4.78, 5) is 0. The third-order valence-corrected chi connectivity index (χ3v) is 5.87. The standard InChI is InChI=1S/C11H18Br2O2/c1-2-3-4-9-5-14-11(15-9)6-10(13,7-11)8-12/h9H,2-8H2,1H3. The first-order valence-corrected chi connectivity index (χ1v) is 7.59. The lowest BCUT2D eigenvalue weighted by Crippen LogP contribution is -2.55. The summed E-state index contributed by atoms with van der Waals surface area (Å²) in [7, 11) is 0. The maximum Gasteiger partial charge on any atom is 0.171 e. The van der Waals surface area contributed by atoms with Gasteiger partial charge in [-0.05, 0) is 6.42 Å². The van der Waals surface area contributed by atoms with Crippen LogP contribution in [0.1, 0.15) is 39.0 Å². The van der Waals surface area contributed by atoms with Crippen LogP contribution in [0.3, 0.4) is 0 Å². The van der Waals surface area contributed by atoms with Crippen molar-refractivity contribution in [1.82, 2.24) is 0 Å². The molecule has 88 valence electrons. The molecule has 0 bridgehead atoms. The third-order valence-electron chi connectivity index (χ3n) is 3.21. The third kappa shape index (κ3) is 2.59. The van der Waals surface area contributed by atoms with E-state index in [0.717, 1.165) is 31.2 Å². The van der Waals surface area contributed by atoms with Crippen molar-refractivity contribution in [2.45, 2.75) is 55.2 Å². The Hall–Kier alpha value is 0.880. The van der Waals surface area contributed by atoms with Crippen molar-refractivity contribution in [3.05, 3.63) is 0 Å². The molecule has 1 aliphatic carbocycles. The SMILES string of the molecule is CCCCC1COC2(CC(Br)(CBr)C2)O1. The molecular weight excluding hydrogens is 324 g/mol. The van der Waals surface area contributed by atoms with Crippen LogP contribution in [-0.2, 0) is 9.47 Å². The Labute approximate surface area is 108 Å². The highest BCUT2D eigenvalue weighted by atomic mass is 79.9. The minimum atomic E-state index is -0.254. The van der Waals surface area contributed by atoms with Crippen molar-refractivity contribution >= 4 is 31.9 Å². The maximum atomic E-state index is 6.01. The molecule has 2 nitrogen and oxygen atoms in total. The van der Waals surface area contributed by atoms with Crippen LogP contribution < -0.4 is 0 Å². The Kier molecular flexibility index (Phi) is 3.81. The van der Waals surface area contributed by atoms with Gasteiger partial charge in [0.05, 0.1) is 12.7 Å². The summed E-state index contributed by atoms with van der Waals surface area (Å²) in [6.07, 6.45) is 5.87. The molecule has 1 heterocycles. The smallest absolute Gasteiger partial charge is 0.171 e. The molecule has 0 N–H and O–H groups in total. The normalized spacial score (nSPS) is 44.6. The molecule has 1 atom stereocenters. The van der Waals surface area contributed by atoms with Gasteiger partial charge in [-0.15, -0.1) is 0 Å². The Balaban J connectivity index is 1.79. The summed E-state index contributed by atoms with van der Waals surface area (Å²) in [5.41, 5.74) is 0. The fourth-order valence-corrected chi connectivity index (χ4v) is 3.64. The predicted octanol–water partition coefficient (Wildman–Crippen LogP) is 3.61. The van der Waals surface area contributed by atoms with E-state index in [-0.39, 0.29) is 10.1 Å². The highest BCUT2D eigenvalue weighted by Crippen LogP contribution is 2.54. The maximum absolute atomic E-state index is 6.01. The molecule has 4 heteroatoms. The molecule has 0 aromatic heterocycles. The molecule has 1 saturated carbocycles. The van der Waals surface area contributed by atoms with Gasteiger partial charge in [-0.2, -0.15) is 0 Å².